The van der Waals surface area contributed by atoms with Gasteiger partial charge < -0.3 is 10.6 Å². The fraction of sp³-hybridized carbons (Fsp3) is 0.286. The molecular formula is C14H20N6S2. The third-order valence-electron chi connectivity index (χ3n) is 2.37. The first-order valence-corrected chi connectivity index (χ1v) is 7.71. The van der Waals surface area contributed by atoms with Crippen molar-refractivity contribution in [3.63, 3.8) is 0 Å². The first-order valence-electron chi connectivity index (χ1n) is 6.89. The van der Waals surface area contributed by atoms with Crippen LogP contribution in [0.4, 0.5) is 0 Å². The van der Waals surface area contributed by atoms with Gasteiger partial charge in [-0.25, -0.2) is 0 Å². The second-order valence-electron chi connectivity index (χ2n) is 4.13. The molecule has 0 heterocycles. The second kappa shape index (κ2) is 10.6. The van der Waals surface area contributed by atoms with Gasteiger partial charge in [0.25, 0.3) is 0 Å². The van der Waals surface area contributed by atoms with Gasteiger partial charge in [-0.15, -0.1) is 0 Å². The zero-order chi connectivity index (χ0) is 16.2. The highest BCUT2D eigenvalue weighted by Crippen LogP contribution is 1.99. The Morgan fingerprint density at radius 1 is 0.864 bits per heavy atom. The van der Waals surface area contributed by atoms with Crippen molar-refractivity contribution in [2.24, 2.45) is 10.2 Å². The van der Waals surface area contributed by atoms with E-state index in [1.54, 1.807) is 12.4 Å². The molecule has 1 rings (SSSR count). The van der Waals surface area contributed by atoms with Gasteiger partial charge in [0.1, 0.15) is 0 Å². The molecule has 118 valence electrons. The van der Waals surface area contributed by atoms with Crippen molar-refractivity contribution in [1.82, 2.24) is 21.5 Å². The molecule has 0 aliphatic heterocycles. The number of rotatable bonds is 6. The molecule has 0 amide bonds. The summed E-state index contributed by atoms with van der Waals surface area (Å²) < 4.78 is 0. The molecule has 0 spiro atoms. The lowest BCUT2D eigenvalue weighted by Gasteiger charge is -2.03. The predicted molar refractivity (Wildman–Crippen MR) is 100 cm³/mol. The number of benzene rings is 1. The van der Waals surface area contributed by atoms with E-state index < -0.39 is 0 Å². The third-order valence-corrected chi connectivity index (χ3v) is 2.84. The molecule has 1 aromatic carbocycles. The summed E-state index contributed by atoms with van der Waals surface area (Å²) >= 11 is 10.0. The number of thiocarbonyl (C=S) groups is 2. The average Bonchev–Trinajstić information content (AvgIpc) is 2.49. The Labute approximate surface area is 141 Å². The summed E-state index contributed by atoms with van der Waals surface area (Å²) in [4.78, 5) is 0. The maximum Gasteiger partial charge on any atom is 0.186 e. The monoisotopic (exact) mass is 336 g/mol. The highest BCUT2D eigenvalue weighted by Gasteiger charge is 1.92. The highest BCUT2D eigenvalue weighted by molar-refractivity contribution is 7.80. The Morgan fingerprint density at radius 2 is 1.23 bits per heavy atom. The van der Waals surface area contributed by atoms with Crippen LogP contribution in [-0.4, -0.2) is 35.7 Å². The van der Waals surface area contributed by atoms with Crippen molar-refractivity contribution in [3.8, 4) is 0 Å². The zero-order valence-corrected chi connectivity index (χ0v) is 14.2. The smallest absolute Gasteiger partial charge is 0.186 e. The zero-order valence-electron chi connectivity index (χ0n) is 12.6. The summed E-state index contributed by atoms with van der Waals surface area (Å²) in [7, 11) is 0. The number of hydrogen-bond acceptors (Lipinski definition) is 4. The minimum absolute atomic E-state index is 0.505. The molecule has 1 aromatic rings. The summed E-state index contributed by atoms with van der Waals surface area (Å²) in [5, 5.41) is 15.0. The molecule has 0 fully saturated rings. The molecule has 4 N–H and O–H groups in total. The lowest BCUT2D eigenvalue weighted by atomic mass is 10.2. The maximum atomic E-state index is 5.00. The standard InChI is InChI=1S/C14H20N6S2/c1-3-15-13(21)19-17-9-11-5-7-12(8-6-11)10-18-20-14(22)16-4-2/h5-10H,3-4H2,1-2H3,(H2,15,19,21)(H2,16,20,22)/b17-9-,18-10-. The molecule has 0 aliphatic rings. The van der Waals surface area contributed by atoms with E-state index in [1.165, 1.54) is 0 Å². The van der Waals surface area contributed by atoms with Gasteiger partial charge in [0.2, 0.25) is 0 Å². The minimum atomic E-state index is 0.505. The molecule has 0 saturated heterocycles. The summed E-state index contributed by atoms with van der Waals surface area (Å²) in [5.74, 6) is 0. The molecule has 0 aromatic heterocycles. The number of hydrogen-bond donors (Lipinski definition) is 4. The van der Waals surface area contributed by atoms with Gasteiger partial charge in [0, 0.05) is 13.1 Å². The van der Waals surface area contributed by atoms with Crippen LogP contribution in [0.1, 0.15) is 25.0 Å². The molecule has 0 bridgehead atoms. The first-order chi connectivity index (χ1) is 10.7. The Hall–Kier alpha value is -2.06. The maximum absolute atomic E-state index is 5.00. The van der Waals surface area contributed by atoms with Gasteiger partial charge in [0.15, 0.2) is 10.2 Å². The molecule has 0 radical (unpaired) electrons. The molecule has 6 nitrogen and oxygen atoms in total. The first kappa shape index (κ1) is 18.0. The highest BCUT2D eigenvalue weighted by atomic mass is 32.1. The largest absolute Gasteiger partial charge is 0.362 e. The van der Waals surface area contributed by atoms with Crippen LogP contribution in [0.15, 0.2) is 34.5 Å². The summed E-state index contributed by atoms with van der Waals surface area (Å²) in [6.45, 7) is 5.47. The predicted octanol–water partition coefficient (Wildman–Crippen LogP) is 1.32. The van der Waals surface area contributed by atoms with Crippen LogP contribution in [0.5, 0.6) is 0 Å². The minimum Gasteiger partial charge on any atom is -0.362 e. The van der Waals surface area contributed by atoms with E-state index in [9.17, 15) is 0 Å². The lowest BCUT2D eigenvalue weighted by Crippen LogP contribution is -2.31. The average molecular weight is 336 g/mol. The number of hydrazone groups is 2. The number of nitrogens with zero attached hydrogens (tertiary/aromatic N) is 2. The van der Waals surface area contributed by atoms with Crippen molar-refractivity contribution < 1.29 is 0 Å². The molecule has 22 heavy (non-hydrogen) atoms. The quantitative estimate of drug-likeness (QED) is 0.357. The lowest BCUT2D eigenvalue weighted by molar-refractivity contribution is 0.904. The molecule has 0 unspecified atom stereocenters. The Bertz CT molecular complexity index is 490. The van der Waals surface area contributed by atoms with E-state index in [4.69, 9.17) is 24.4 Å². The van der Waals surface area contributed by atoms with E-state index in [2.05, 4.69) is 31.7 Å². The van der Waals surface area contributed by atoms with Crippen molar-refractivity contribution in [2.75, 3.05) is 13.1 Å². The van der Waals surface area contributed by atoms with Crippen LogP contribution >= 0.6 is 24.4 Å². The van der Waals surface area contributed by atoms with Crippen LogP contribution in [0, 0.1) is 0 Å². The normalized spacial score (nSPS) is 10.6. The Balaban J connectivity index is 2.45. The van der Waals surface area contributed by atoms with Crippen molar-refractivity contribution >= 4 is 47.1 Å². The van der Waals surface area contributed by atoms with Crippen LogP contribution in [0.25, 0.3) is 0 Å². The fourth-order valence-electron chi connectivity index (χ4n) is 1.40. The molecule has 0 atom stereocenters. The van der Waals surface area contributed by atoms with Gasteiger partial charge in [0.05, 0.1) is 12.4 Å². The Kier molecular flexibility index (Phi) is 8.70. The Morgan fingerprint density at radius 3 is 1.55 bits per heavy atom. The van der Waals surface area contributed by atoms with Crippen molar-refractivity contribution in [3.05, 3.63) is 35.4 Å². The van der Waals surface area contributed by atoms with E-state index in [0.29, 0.717) is 10.2 Å². The van der Waals surface area contributed by atoms with E-state index in [-0.39, 0.29) is 0 Å². The topological polar surface area (TPSA) is 72.8 Å². The van der Waals surface area contributed by atoms with Crippen LogP contribution in [0.2, 0.25) is 0 Å². The van der Waals surface area contributed by atoms with Gasteiger partial charge in [-0.3, -0.25) is 10.9 Å². The van der Waals surface area contributed by atoms with Gasteiger partial charge in [-0.2, -0.15) is 10.2 Å². The van der Waals surface area contributed by atoms with E-state index >= 15 is 0 Å². The van der Waals surface area contributed by atoms with Gasteiger partial charge in [-0.1, -0.05) is 24.3 Å². The van der Waals surface area contributed by atoms with Crippen LogP contribution in [-0.2, 0) is 0 Å². The van der Waals surface area contributed by atoms with E-state index in [1.807, 2.05) is 38.1 Å². The summed E-state index contributed by atoms with van der Waals surface area (Å²) in [5.41, 5.74) is 7.39. The number of nitrogens with one attached hydrogen (secondary N) is 4. The van der Waals surface area contributed by atoms with E-state index in [0.717, 1.165) is 24.2 Å². The fourth-order valence-corrected chi connectivity index (χ4v) is 1.79. The second-order valence-corrected chi connectivity index (χ2v) is 4.94. The third kappa shape index (κ3) is 7.65. The molecule has 0 saturated carbocycles. The summed E-state index contributed by atoms with van der Waals surface area (Å²) in [6.07, 6.45) is 3.40. The van der Waals surface area contributed by atoms with Crippen molar-refractivity contribution in [1.29, 1.82) is 0 Å². The van der Waals surface area contributed by atoms with Crippen molar-refractivity contribution in [2.45, 2.75) is 13.8 Å². The molecule has 0 aliphatic carbocycles. The van der Waals surface area contributed by atoms with Gasteiger partial charge >= 0.3 is 0 Å². The summed E-state index contributed by atoms with van der Waals surface area (Å²) in [6, 6.07) is 7.74. The SMILES string of the molecule is CCNC(=S)N/N=C\c1ccc(/C=N\NC(=S)NCC)cc1. The molecular weight excluding hydrogens is 316 g/mol. The van der Waals surface area contributed by atoms with Crippen LogP contribution in [0.3, 0.4) is 0 Å². The van der Waals surface area contributed by atoms with Gasteiger partial charge in [-0.05, 0) is 49.4 Å². The molecule has 8 heteroatoms. The van der Waals surface area contributed by atoms with Crippen LogP contribution < -0.4 is 21.5 Å².